The molecule has 3 heterocycles. The zero-order chi connectivity index (χ0) is 17.8. The predicted octanol–water partition coefficient (Wildman–Crippen LogP) is 4.58. The van der Waals surface area contributed by atoms with Gasteiger partial charge >= 0.3 is 0 Å². The molecule has 0 radical (unpaired) electrons. The molecule has 0 spiro atoms. The highest BCUT2D eigenvalue weighted by atomic mass is 32.1. The molecule has 0 bridgehead atoms. The zero-order valence-corrected chi connectivity index (χ0v) is 15.1. The van der Waals surface area contributed by atoms with Gasteiger partial charge in [0.05, 0.1) is 5.69 Å². The van der Waals surface area contributed by atoms with Crippen molar-refractivity contribution in [2.75, 3.05) is 5.32 Å². The van der Waals surface area contributed by atoms with E-state index >= 15 is 0 Å². The van der Waals surface area contributed by atoms with Crippen LogP contribution in [0, 0.1) is 6.92 Å². The average molecular weight is 359 g/mol. The Bertz CT molecular complexity index is 1010. The van der Waals surface area contributed by atoms with Crippen molar-refractivity contribution >= 4 is 17.3 Å². The Morgan fingerprint density at radius 3 is 2.62 bits per heavy atom. The summed E-state index contributed by atoms with van der Waals surface area (Å²) in [6, 6.07) is 16.0. The van der Waals surface area contributed by atoms with Crippen LogP contribution in [0.3, 0.4) is 0 Å². The van der Waals surface area contributed by atoms with E-state index in [1.54, 1.807) is 23.7 Å². The molecule has 0 fully saturated rings. The van der Waals surface area contributed by atoms with Gasteiger partial charge in [0.2, 0.25) is 5.95 Å². The number of nitrogens with zero attached hydrogens (tertiary/aromatic N) is 4. The monoisotopic (exact) mass is 359 g/mol. The number of aryl methyl sites for hydroxylation is 1. The van der Waals surface area contributed by atoms with Gasteiger partial charge in [-0.05, 0) is 24.6 Å². The SMILES string of the molecule is Cc1ncccc1CNc1nccc(-c2csc(-c3ccccc3)n2)n1. The van der Waals surface area contributed by atoms with E-state index in [4.69, 9.17) is 4.98 Å². The van der Waals surface area contributed by atoms with Gasteiger partial charge < -0.3 is 5.32 Å². The predicted molar refractivity (Wildman–Crippen MR) is 105 cm³/mol. The van der Waals surface area contributed by atoms with Crippen LogP contribution >= 0.6 is 11.3 Å². The largest absolute Gasteiger partial charge is 0.350 e. The summed E-state index contributed by atoms with van der Waals surface area (Å²) < 4.78 is 0. The van der Waals surface area contributed by atoms with Crippen molar-refractivity contribution in [2.24, 2.45) is 0 Å². The average Bonchev–Trinajstić information content (AvgIpc) is 3.19. The van der Waals surface area contributed by atoms with Gasteiger partial charge in [-0.1, -0.05) is 36.4 Å². The van der Waals surface area contributed by atoms with E-state index in [0.29, 0.717) is 12.5 Å². The molecule has 1 N–H and O–H groups in total. The third-order valence-corrected chi connectivity index (χ3v) is 4.89. The lowest BCUT2D eigenvalue weighted by atomic mass is 10.2. The lowest BCUT2D eigenvalue weighted by molar-refractivity contribution is 1.01. The molecular formula is C20H17N5S. The van der Waals surface area contributed by atoms with Crippen molar-refractivity contribution < 1.29 is 0 Å². The number of benzene rings is 1. The van der Waals surface area contributed by atoms with Gasteiger partial charge in [0, 0.05) is 35.6 Å². The van der Waals surface area contributed by atoms with E-state index < -0.39 is 0 Å². The number of rotatable bonds is 5. The minimum atomic E-state index is 0.583. The number of aromatic nitrogens is 4. The molecule has 1 aromatic carbocycles. The first-order valence-corrected chi connectivity index (χ1v) is 9.16. The lowest BCUT2D eigenvalue weighted by Crippen LogP contribution is -2.05. The molecule has 0 saturated carbocycles. The third kappa shape index (κ3) is 3.60. The molecule has 4 aromatic rings. The number of hydrogen-bond donors (Lipinski definition) is 1. The fourth-order valence-electron chi connectivity index (χ4n) is 2.57. The molecule has 128 valence electrons. The molecule has 6 heteroatoms. The lowest BCUT2D eigenvalue weighted by Gasteiger charge is -2.07. The van der Waals surface area contributed by atoms with Crippen LogP contribution in [0.25, 0.3) is 22.0 Å². The summed E-state index contributed by atoms with van der Waals surface area (Å²) in [6.07, 6.45) is 3.55. The fourth-order valence-corrected chi connectivity index (χ4v) is 3.39. The van der Waals surface area contributed by atoms with Crippen molar-refractivity contribution in [1.29, 1.82) is 0 Å². The van der Waals surface area contributed by atoms with Gasteiger partial charge in [-0.3, -0.25) is 4.98 Å². The van der Waals surface area contributed by atoms with Gasteiger partial charge in [0.25, 0.3) is 0 Å². The van der Waals surface area contributed by atoms with Crippen molar-refractivity contribution in [3.63, 3.8) is 0 Å². The molecule has 3 aromatic heterocycles. The van der Waals surface area contributed by atoms with Crippen LogP contribution in [0.4, 0.5) is 5.95 Å². The second-order valence-electron chi connectivity index (χ2n) is 5.77. The number of hydrogen-bond acceptors (Lipinski definition) is 6. The van der Waals surface area contributed by atoms with Crippen LogP contribution in [0.1, 0.15) is 11.3 Å². The van der Waals surface area contributed by atoms with Gasteiger partial charge in [-0.2, -0.15) is 0 Å². The standard InChI is InChI=1S/C20H17N5S/c1-14-16(8-5-10-21-14)12-23-20-22-11-9-17(25-20)18-13-26-19(24-18)15-6-3-2-4-7-15/h2-11,13H,12H2,1H3,(H,22,23,25). The van der Waals surface area contributed by atoms with Gasteiger partial charge in [0.1, 0.15) is 10.7 Å². The second-order valence-corrected chi connectivity index (χ2v) is 6.63. The van der Waals surface area contributed by atoms with Crippen molar-refractivity contribution in [3.8, 4) is 22.0 Å². The number of thiazole rings is 1. The third-order valence-electron chi connectivity index (χ3n) is 4.00. The highest BCUT2D eigenvalue weighted by molar-refractivity contribution is 7.13. The maximum atomic E-state index is 4.71. The summed E-state index contributed by atoms with van der Waals surface area (Å²) in [6.45, 7) is 2.63. The van der Waals surface area contributed by atoms with Gasteiger partial charge in [-0.15, -0.1) is 11.3 Å². The summed E-state index contributed by atoms with van der Waals surface area (Å²) in [5.74, 6) is 0.583. The van der Waals surface area contributed by atoms with Crippen molar-refractivity contribution in [3.05, 3.63) is 77.6 Å². The Labute approximate surface area is 155 Å². The Kier molecular flexibility index (Phi) is 4.66. The number of nitrogens with one attached hydrogen (secondary N) is 1. The molecule has 26 heavy (non-hydrogen) atoms. The van der Waals surface area contributed by atoms with E-state index in [9.17, 15) is 0 Å². The molecule has 0 unspecified atom stereocenters. The first-order valence-electron chi connectivity index (χ1n) is 8.28. The van der Waals surface area contributed by atoms with E-state index in [1.807, 2.05) is 48.7 Å². The minimum Gasteiger partial charge on any atom is -0.350 e. The molecule has 0 aliphatic carbocycles. The second kappa shape index (κ2) is 7.41. The van der Waals surface area contributed by atoms with Crippen LogP contribution in [0.2, 0.25) is 0 Å². The van der Waals surface area contributed by atoms with E-state index in [0.717, 1.165) is 33.2 Å². The quantitative estimate of drug-likeness (QED) is 0.565. The summed E-state index contributed by atoms with van der Waals surface area (Å²) in [5.41, 5.74) is 4.91. The Morgan fingerprint density at radius 2 is 1.77 bits per heavy atom. The van der Waals surface area contributed by atoms with Gasteiger partial charge in [0.15, 0.2) is 0 Å². The Hall–Kier alpha value is -3.12. The normalized spacial score (nSPS) is 10.7. The van der Waals surface area contributed by atoms with Gasteiger partial charge in [-0.25, -0.2) is 15.0 Å². The fraction of sp³-hybridized carbons (Fsp3) is 0.100. The van der Waals surface area contributed by atoms with Crippen LogP contribution in [0.5, 0.6) is 0 Å². The zero-order valence-electron chi connectivity index (χ0n) is 14.3. The summed E-state index contributed by atoms with van der Waals surface area (Å²) >= 11 is 1.62. The summed E-state index contributed by atoms with van der Waals surface area (Å²) in [5, 5.41) is 6.28. The highest BCUT2D eigenvalue weighted by Crippen LogP contribution is 2.28. The van der Waals surface area contributed by atoms with Crippen molar-refractivity contribution in [2.45, 2.75) is 13.5 Å². The number of pyridine rings is 1. The molecule has 0 amide bonds. The Balaban J connectivity index is 1.53. The molecule has 5 nitrogen and oxygen atoms in total. The first kappa shape index (κ1) is 16.4. The molecule has 0 saturated heterocycles. The molecule has 0 atom stereocenters. The Morgan fingerprint density at radius 1 is 0.885 bits per heavy atom. The van der Waals surface area contributed by atoms with E-state index in [2.05, 4.69) is 32.4 Å². The van der Waals surface area contributed by atoms with Crippen LogP contribution in [-0.2, 0) is 6.54 Å². The summed E-state index contributed by atoms with van der Waals surface area (Å²) in [4.78, 5) is 17.9. The maximum Gasteiger partial charge on any atom is 0.223 e. The highest BCUT2D eigenvalue weighted by Gasteiger charge is 2.09. The van der Waals surface area contributed by atoms with Crippen LogP contribution < -0.4 is 5.32 Å². The first-order chi connectivity index (χ1) is 12.8. The molecular weight excluding hydrogens is 342 g/mol. The molecule has 4 rings (SSSR count). The smallest absolute Gasteiger partial charge is 0.223 e. The molecule has 0 aliphatic heterocycles. The van der Waals surface area contributed by atoms with E-state index in [-0.39, 0.29) is 0 Å². The van der Waals surface area contributed by atoms with Crippen molar-refractivity contribution in [1.82, 2.24) is 19.9 Å². The van der Waals surface area contributed by atoms with E-state index in [1.165, 1.54) is 0 Å². The summed E-state index contributed by atoms with van der Waals surface area (Å²) in [7, 11) is 0. The topological polar surface area (TPSA) is 63.6 Å². The maximum absolute atomic E-state index is 4.71. The molecule has 0 aliphatic rings. The minimum absolute atomic E-state index is 0.583. The van der Waals surface area contributed by atoms with Crippen LogP contribution in [-0.4, -0.2) is 19.9 Å². The number of anilines is 1. The van der Waals surface area contributed by atoms with Crippen LogP contribution in [0.15, 0.2) is 66.3 Å².